The van der Waals surface area contributed by atoms with Crippen LogP contribution in [0.3, 0.4) is 0 Å². The van der Waals surface area contributed by atoms with E-state index in [0.717, 1.165) is 28.8 Å². The molecule has 4 rings (SSSR count). The first-order valence-electron chi connectivity index (χ1n) is 9.79. The monoisotopic (exact) mass is 427 g/mol. The molecule has 0 saturated carbocycles. The molecule has 0 bridgehead atoms. The van der Waals surface area contributed by atoms with E-state index >= 15 is 0 Å². The molecule has 31 heavy (non-hydrogen) atoms. The van der Waals surface area contributed by atoms with Crippen molar-refractivity contribution in [2.45, 2.75) is 18.8 Å². The molecule has 0 aliphatic carbocycles. The number of rotatable bonds is 4. The molecule has 1 atom stereocenters. The zero-order valence-corrected chi connectivity index (χ0v) is 16.5. The van der Waals surface area contributed by atoms with Gasteiger partial charge in [-0.15, -0.1) is 0 Å². The SMILES string of the molecule is O=C(O)C1c2cc(C(F)(F)F)ccc2OCCN1Cc1ccccc1-c1ccccc1. The second-order valence-corrected chi connectivity index (χ2v) is 7.33. The standard InChI is InChI=1S/C24H20F3NO3/c25-24(26,27)18-10-11-21-20(14-18)22(23(29)30)28(12-13-31-21)15-17-8-4-5-9-19(17)16-6-2-1-3-7-16/h1-11,14,22H,12-13,15H2,(H,29,30). The molecule has 0 radical (unpaired) electrons. The number of carboxylic acids is 1. The lowest BCUT2D eigenvalue weighted by Crippen LogP contribution is -2.35. The molecular weight excluding hydrogens is 407 g/mol. The van der Waals surface area contributed by atoms with E-state index in [-0.39, 0.29) is 31.0 Å². The highest BCUT2D eigenvalue weighted by molar-refractivity contribution is 5.77. The van der Waals surface area contributed by atoms with Gasteiger partial charge in [0.1, 0.15) is 18.4 Å². The molecule has 0 amide bonds. The predicted octanol–water partition coefficient (Wildman–Crippen LogP) is 5.39. The predicted molar refractivity (Wildman–Crippen MR) is 110 cm³/mol. The fourth-order valence-electron chi connectivity index (χ4n) is 3.90. The van der Waals surface area contributed by atoms with Crippen LogP contribution < -0.4 is 4.74 Å². The molecule has 0 fully saturated rings. The van der Waals surface area contributed by atoms with Gasteiger partial charge >= 0.3 is 12.1 Å². The van der Waals surface area contributed by atoms with Crippen LogP contribution >= 0.6 is 0 Å². The van der Waals surface area contributed by atoms with E-state index in [1.165, 1.54) is 6.07 Å². The number of nitrogens with zero attached hydrogens (tertiary/aromatic N) is 1. The van der Waals surface area contributed by atoms with Crippen molar-refractivity contribution in [1.82, 2.24) is 4.90 Å². The maximum Gasteiger partial charge on any atom is 0.416 e. The quantitative estimate of drug-likeness (QED) is 0.606. The second kappa shape index (κ2) is 8.43. The number of halogens is 3. The van der Waals surface area contributed by atoms with E-state index in [0.29, 0.717) is 0 Å². The summed E-state index contributed by atoms with van der Waals surface area (Å²) < 4.78 is 45.4. The third-order valence-electron chi connectivity index (χ3n) is 5.34. The Kier molecular flexibility index (Phi) is 5.69. The number of carboxylic acid groups (broad SMARTS) is 1. The lowest BCUT2D eigenvalue weighted by Gasteiger charge is -2.28. The Hall–Kier alpha value is -3.32. The summed E-state index contributed by atoms with van der Waals surface area (Å²) in [5.41, 5.74) is 1.93. The summed E-state index contributed by atoms with van der Waals surface area (Å²) in [4.78, 5) is 13.9. The average molecular weight is 427 g/mol. The lowest BCUT2D eigenvalue weighted by molar-refractivity contribution is -0.144. The number of fused-ring (bicyclic) bond motifs is 1. The zero-order chi connectivity index (χ0) is 22.0. The summed E-state index contributed by atoms with van der Waals surface area (Å²) in [6.07, 6.45) is -4.57. The number of carbonyl (C=O) groups is 1. The number of aliphatic carboxylic acids is 1. The third kappa shape index (κ3) is 4.41. The number of ether oxygens (including phenoxy) is 1. The molecule has 1 heterocycles. The van der Waals surface area contributed by atoms with Crippen molar-refractivity contribution < 1.29 is 27.8 Å². The van der Waals surface area contributed by atoms with Crippen LogP contribution in [-0.4, -0.2) is 29.1 Å². The molecule has 7 heteroatoms. The van der Waals surface area contributed by atoms with Gasteiger partial charge in [0.2, 0.25) is 0 Å². The maximum atomic E-state index is 13.3. The van der Waals surface area contributed by atoms with E-state index in [9.17, 15) is 23.1 Å². The largest absolute Gasteiger partial charge is 0.492 e. The molecule has 0 saturated heterocycles. The molecule has 3 aromatic carbocycles. The normalized spacial score (nSPS) is 16.8. The van der Waals surface area contributed by atoms with Gasteiger partial charge in [-0.1, -0.05) is 54.6 Å². The Balaban J connectivity index is 1.74. The Morgan fingerprint density at radius 2 is 1.74 bits per heavy atom. The molecule has 0 spiro atoms. The van der Waals surface area contributed by atoms with Crippen LogP contribution in [0.25, 0.3) is 11.1 Å². The lowest BCUT2D eigenvalue weighted by atomic mass is 9.97. The highest BCUT2D eigenvalue weighted by Gasteiger charge is 2.37. The van der Waals surface area contributed by atoms with Crippen molar-refractivity contribution in [3.63, 3.8) is 0 Å². The minimum absolute atomic E-state index is 0.0111. The van der Waals surface area contributed by atoms with E-state index < -0.39 is 23.8 Å². The second-order valence-electron chi connectivity index (χ2n) is 7.33. The first-order valence-corrected chi connectivity index (χ1v) is 9.79. The van der Waals surface area contributed by atoms with Gasteiger partial charge in [-0.05, 0) is 34.9 Å². The topological polar surface area (TPSA) is 49.8 Å². The molecule has 160 valence electrons. The van der Waals surface area contributed by atoms with Gasteiger partial charge < -0.3 is 9.84 Å². The minimum Gasteiger partial charge on any atom is -0.492 e. The number of hydrogen-bond donors (Lipinski definition) is 1. The van der Waals surface area contributed by atoms with Crippen molar-refractivity contribution in [3.8, 4) is 16.9 Å². The third-order valence-corrected chi connectivity index (χ3v) is 5.34. The highest BCUT2D eigenvalue weighted by atomic mass is 19.4. The van der Waals surface area contributed by atoms with Gasteiger partial charge in [-0.25, -0.2) is 0 Å². The molecule has 1 unspecified atom stereocenters. The highest BCUT2D eigenvalue weighted by Crippen LogP contribution is 2.39. The van der Waals surface area contributed by atoms with Crippen molar-refractivity contribution in [2.75, 3.05) is 13.2 Å². The van der Waals surface area contributed by atoms with Gasteiger partial charge in [0.15, 0.2) is 0 Å². The van der Waals surface area contributed by atoms with Crippen LogP contribution in [0.1, 0.15) is 22.7 Å². The summed E-state index contributed by atoms with van der Waals surface area (Å²) in [6, 6.07) is 19.0. The Morgan fingerprint density at radius 1 is 1.03 bits per heavy atom. The van der Waals surface area contributed by atoms with Crippen LogP contribution in [-0.2, 0) is 17.5 Å². The number of benzene rings is 3. The van der Waals surface area contributed by atoms with E-state index in [4.69, 9.17) is 4.74 Å². The number of hydrogen-bond acceptors (Lipinski definition) is 3. The molecule has 3 aromatic rings. The summed E-state index contributed by atoms with van der Waals surface area (Å²) in [5.74, 6) is -1.05. The van der Waals surface area contributed by atoms with E-state index in [1.807, 2.05) is 54.6 Å². The average Bonchev–Trinajstić information content (AvgIpc) is 2.92. The van der Waals surface area contributed by atoms with Gasteiger partial charge in [0, 0.05) is 18.7 Å². The Bertz CT molecular complexity index is 1080. The van der Waals surface area contributed by atoms with Crippen LogP contribution in [0.2, 0.25) is 0 Å². The molecule has 1 N–H and O–H groups in total. The van der Waals surface area contributed by atoms with Crippen molar-refractivity contribution in [2.24, 2.45) is 0 Å². The first kappa shape index (κ1) is 20.9. The van der Waals surface area contributed by atoms with Crippen molar-refractivity contribution in [3.05, 3.63) is 89.5 Å². The summed E-state index contributed by atoms with van der Waals surface area (Å²) in [5, 5.41) is 9.96. The summed E-state index contributed by atoms with van der Waals surface area (Å²) >= 11 is 0. The molecular formula is C24H20F3NO3. The van der Waals surface area contributed by atoms with Crippen LogP contribution in [0, 0.1) is 0 Å². The first-order chi connectivity index (χ1) is 14.8. The van der Waals surface area contributed by atoms with Gasteiger partial charge in [-0.3, -0.25) is 9.69 Å². The fourth-order valence-corrected chi connectivity index (χ4v) is 3.90. The van der Waals surface area contributed by atoms with Crippen LogP contribution in [0.15, 0.2) is 72.8 Å². The Labute approximate surface area is 177 Å². The minimum atomic E-state index is -4.57. The summed E-state index contributed by atoms with van der Waals surface area (Å²) in [7, 11) is 0. The molecule has 0 aromatic heterocycles. The zero-order valence-electron chi connectivity index (χ0n) is 16.5. The van der Waals surface area contributed by atoms with Crippen molar-refractivity contribution in [1.29, 1.82) is 0 Å². The van der Waals surface area contributed by atoms with Gasteiger partial charge in [0.25, 0.3) is 0 Å². The molecule has 4 nitrogen and oxygen atoms in total. The van der Waals surface area contributed by atoms with E-state index in [2.05, 4.69) is 0 Å². The Morgan fingerprint density at radius 3 is 2.45 bits per heavy atom. The fraction of sp³-hybridized carbons (Fsp3) is 0.208. The maximum absolute atomic E-state index is 13.3. The summed E-state index contributed by atoms with van der Waals surface area (Å²) in [6.45, 7) is 0.687. The van der Waals surface area contributed by atoms with Gasteiger partial charge in [-0.2, -0.15) is 13.2 Å². The van der Waals surface area contributed by atoms with E-state index in [1.54, 1.807) is 4.90 Å². The van der Waals surface area contributed by atoms with Gasteiger partial charge in [0.05, 0.1) is 5.56 Å². The molecule has 1 aliphatic heterocycles. The number of alkyl halides is 3. The van der Waals surface area contributed by atoms with Crippen molar-refractivity contribution >= 4 is 5.97 Å². The van der Waals surface area contributed by atoms with Crippen LogP contribution in [0.4, 0.5) is 13.2 Å². The molecule has 1 aliphatic rings. The smallest absolute Gasteiger partial charge is 0.416 e. The van der Waals surface area contributed by atoms with Crippen LogP contribution in [0.5, 0.6) is 5.75 Å².